The number of morpholine rings is 1. The summed E-state index contributed by atoms with van der Waals surface area (Å²) in [6.07, 6.45) is 7.71. The van der Waals surface area contributed by atoms with E-state index < -0.39 is 22.5 Å². The van der Waals surface area contributed by atoms with E-state index in [1.165, 1.54) is 11.1 Å². The van der Waals surface area contributed by atoms with Crippen molar-refractivity contribution in [1.82, 2.24) is 9.62 Å². The second kappa shape index (κ2) is 17.5. The molecule has 2 aromatic carbocycles. The van der Waals surface area contributed by atoms with Gasteiger partial charge < -0.3 is 23.8 Å². The Labute approximate surface area is 293 Å². The van der Waals surface area contributed by atoms with E-state index in [4.69, 9.17) is 30.5 Å². The van der Waals surface area contributed by atoms with Gasteiger partial charge in [0.2, 0.25) is 0 Å². The molecule has 1 saturated heterocycles. The van der Waals surface area contributed by atoms with Gasteiger partial charge in [-0.15, -0.1) is 0 Å². The van der Waals surface area contributed by atoms with Gasteiger partial charge in [-0.2, -0.15) is 0 Å². The van der Waals surface area contributed by atoms with Crippen molar-refractivity contribution in [2.24, 2.45) is 5.92 Å². The average molecular weight is 702 g/mol. The molecule has 264 valence electrons. The largest absolute Gasteiger partial charge is 0.491 e. The zero-order valence-electron chi connectivity index (χ0n) is 28.9. The summed E-state index contributed by atoms with van der Waals surface area (Å²) >= 11 is 6.44. The highest BCUT2D eigenvalue weighted by molar-refractivity contribution is 7.83. The molecule has 0 aromatic heterocycles. The van der Waals surface area contributed by atoms with Gasteiger partial charge in [0.25, 0.3) is 5.91 Å². The first-order chi connectivity index (χ1) is 23.2. The molecule has 0 radical (unpaired) electrons. The van der Waals surface area contributed by atoms with Crippen LogP contribution in [0.25, 0.3) is 0 Å². The first-order valence-corrected chi connectivity index (χ1v) is 19.0. The van der Waals surface area contributed by atoms with E-state index in [2.05, 4.69) is 46.6 Å². The third-order valence-electron chi connectivity index (χ3n) is 9.61. The smallest absolute Gasteiger partial charge is 0.263 e. The molecule has 9 nitrogen and oxygen atoms in total. The Morgan fingerprint density at radius 3 is 2.69 bits per heavy atom. The van der Waals surface area contributed by atoms with Crippen LogP contribution in [0, 0.1) is 5.92 Å². The molecular weight excluding hydrogens is 650 g/mol. The fraction of sp³-hybridized carbons (Fsp3) is 0.595. The SMILES string of the molecule is CCCc1cc(Cl)ccc1C1COc2ccc3cc2N(CCC(CC)C(OCCN2CCOCC2)/C=C/COC(C)(C)C(=O)NS3=O)C1. The summed E-state index contributed by atoms with van der Waals surface area (Å²) in [6, 6.07) is 11.7. The molecule has 1 N–H and O–H groups in total. The van der Waals surface area contributed by atoms with Crippen LogP contribution in [0.1, 0.15) is 64.0 Å². The van der Waals surface area contributed by atoms with E-state index in [1.54, 1.807) is 19.9 Å². The zero-order chi connectivity index (χ0) is 34.1. The molecule has 48 heavy (non-hydrogen) atoms. The minimum absolute atomic E-state index is 0.106. The van der Waals surface area contributed by atoms with Crippen LogP contribution in [0.15, 0.2) is 53.4 Å². The van der Waals surface area contributed by atoms with Gasteiger partial charge >= 0.3 is 0 Å². The monoisotopic (exact) mass is 701 g/mol. The molecule has 2 aromatic rings. The quantitative estimate of drug-likeness (QED) is 0.340. The predicted molar refractivity (Wildman–Crippen MR) is 191 cm³/mol. The van der Waals surface area contributed by atoms with Gasteiger partial charge in [-0.25, -0.2) is 4.21 Å². The van der Waals surface area contributed by atoms with Crippen LogP contribution in [0.2, 0.25) is 5.02 Å². The first-order valence-electron chi connectivity index (χ1n) is 17.4. The number of ether oxygens (including phenoxy) is 4. The summed E-state index contributed by atoms with van der Waals surface area (Å²) < 4.78 is 40.7. The fourth-order valence-electron chi connectivity index (χ4n) is 6.64. The molecule has 4 unspecified atom stereocenters. The number of carbonyl (C=O) groups excluding carboxylic acids is 1. The summed E-state index contributed by atoms with van der Waals surface area (Å²) in [6.45, 7) is 14.8. The van der Waals surface area contributed by atoms with E-state index in [1.807, 2.05) is 24.3 Å². The number of hydrogen-bond acceptors (Lipinski definition) is 8. The lowest BCUT2D eigenvalue weighted by molar-refractivity contribution is -0.139. The number of fused-ring (bicyclic) bond motifs is 1. The number of halogens is 1. The zero-order valence-corrected chi connectivity index (χ0v) is 30.5. The van der Waals surface area contributed by atoms with Gasteiger partial charge in [-0.05, 0) is 74.1 Å². The maximum Gasteiger partial charge on any atom is 0.263 e. The number of rotatable bonds is 8. The number of carbonyl (C=O) groups is 1. The molecule has 1 fully saturated rings. The van der Waals surface area contributed by atoms with E-state index in [0.717, 1.165) is 88.1 Å². The summed E-state index contributed by atoms with van der Waals surface area (Å²) in [7, 11) is -1.78. The summed E-state index contributed by atoms with van der Waals surface area (Å²) in [5, 5.41) is 0.742. The maximum atomic E-state index is 13.5. The summed E-state index contributed by atoms with van der Waals surface area (Å²) in [5.41, 5.74) is 2.19. The van der Waals surface area contributed by atoms with Crippen LogP contribution in [0.4, 0.5) is 5.69 Å². The number of nitrogens with one attached hydrogen (secondary N) is 1. The topological polar surface area (TPSA) is 89.6 Å². The third kappa shape index (κ3) is 9.61. The fourth-order valence-corrected chi connectivity index (χ4v) is 7.78. The standard InChI is InChI=1S/C37H52ClN3O6S/c1-5-8-28-23-30(38)10-12-32(28)29-25-41-15-14-27(6-2)34(45-22-18-40-16-20-44-21-17-40)9-7-19-47-37(3,4)36(42)39-48(43)31-11-13-35(46-26-29)33(41)24-31/h7,9-13,23-24,27,29,34H,5-6,8,14-22,25-26H2,1-4H3,(H,39,42)/b9-7+. The predicted octanol–water partition coefficient (Wildman–Crippen LogP) is 5.91. The number of anilines is 1. The van der Waals surface area contributed by atoms with Gasteiger partial charge in [-0.3, -0.25) is 14.4 Å². The molecule has 3 aliphatic heterocycles. The molecule has 0 spiro atoms. The highest BCUT2D eigenvalue weighted by Gasteiger charge is 2.32. The van der Waals surface area contributed by atoms with Crippen molar-refractivity contribution in [1.29, 1.82) is 0 Å². The number of hydrogen-bond donors (Lipinski definition) is 1. The number of amides is 1. The molecule has 11 heteroatoms. The first kappa shape index (κ1) is 36.8. The Hall–Kier alpha value is -2.47. The van der Waals surface area contributed by atoms with Gasteiger partial charge in [0.15, 0.2) is 11.0 Å². The van der Waals surface area contributed by atoms with Crippen molar-refractivity contribution in [3.05, 3.63) is 64.7 Å². The van der Waals surface area contributed by atoms with Crippen LogP contribution in [0.3, 0.4) is 0 Å². The normalized spacial score (nSPS) is 26.3. The lowest BCUT2D eigenvalue weighted by Gasteiger charge is -2.32. The van der Waals surface area contributed by atoms with Crippen LogP contribution in [-0.2, 0) is 36.4 Å². The molecule has 3 heterocycles. The number of nitrogens with zero attached hydrogens (tertiary/aromatic N) is 2. The second-order valence-corrected chi connectivity index (χ2v) is 15.0. The van der Waals surface area contributed by atoms with E-state index in [9.17, 15) is 9.00 Å². The second-order valence-electron chi connectivity index (χ2n) is 13.4. The van der Waals surface area contributed by atoms with Gasteiger partial charge in [-0.1, -0.05) is 56.5 Å². The van der Waals surface area contributed by atoms with Crippen LogP contribution >= 0.6 is 11.6 Å². The molecule has 2 bridgehead atoms. The van der Waals surface area contributed by atoms with Crippen LogP contribution < -0.4 is 14.4 Å². The molecular formula is C37H52ClN3O6S. The average Bonchev–Trinajstić information content (AvgIpc) is 3.26. The molecule has 4 atom stereocenters. The van der Waals surface area contributed by atoms with Gasteiger partial charge in [0.1, 0.15) is 11.4 Å². The van der Waals surface area contributed by atoms with Crippen LogP contribution in [-0.4, -0.2) is 92.5 Å². The van der Waals surface area contributed by atoms with Crippen molar-refractivity contribution in [2.45, 2.75) is 75.9 Å². The minimum atomic E-state index is -1.78. The Bertz CT molecular complexity index is 1430. The number of aryl methyl sites for hydroxylation is 1. The maximum absolute atomic E-state index is 13.5. The Morgan fingerprint density at radius 1 is 1.10 bits per heavy atom. The molecule has 0 saturated carbocycles. The Kier molecular flexibility index (Phi) is 13.4. The Morgan fingerprint density at radius 2 is 1.92 bits per heavy atom. The van der Waals surface area contributed by atoms with E-state index in [0.29, 0.717) is 18.1 Å². The Balaban J connectivity index is 1.46. The van der Waals surface area contributed by atoms with Crippen LogP contribution in [0.5, 0.6) is 5.75 Å². The molecule has 3 aliphatic rings. The highest BCUT2D eigenvalue weighted by atomic mass is 35.5. The van der Waals surface area contributed by atoms with Crippen molar-refractivity contribution in [3.8, 4) is 5.75 Å². The lowest BCUT2D eigenvalue weighted by atomic mass is 9.91. The molecule has 5 rings (SSSR count). The van der Waals surface area contributed by atoms with Gasteiger partial charge in [0.05, 0.1) is 49.7 Å². The number of benzene rings is 2. The lowest BCUT2D eigenvalue weighted by Crippen LogP contribution is -2.45. The molecule has 0 aliphatic carbocycles. The summed E-state index contributed by atoms with van der Waals surface area (Å²) in [4.78, 5) is 18.5. The highest BCUT2D eigenvalue weighted by Crippen LogP contribution is 2.38. The van der Waals surface area contributed by atoms with Gasteiger partial charge in [0, 0.05) is 43.7 Å². The summed E-state index contributed by atoms with van der Waals surface area (Å²) in [5.74, 6) is 0.644. The van der Waals surface area contributed by atoms with Crippen molar-refractivity contribution in [3.63, 3.8) is 0 Å². The third-order valence-corrected chi connectivity index (χ3v) is 10.9. The minimum Gasteiger partial charge on any atom is -0.491 e. The van der Waals surface area contributed by atoms with Crippen molar-refractivity contribution < 1.29 is 28.0 Å². The van der Waals surface area contributed by atoms with Crippen molar-refractivity contribution in [2.75, 3.05) is 70.7 Å². The molecule has 1 amide bonds. The van der Waals surface area contributed by atoms with E-state index >= 15 is 0 Å². The van der Waals surface area contributed by atoms with Crippen molar-refractivity contribution >= 4 is 34.2 Å². The van der Waals surface area contributed by atoms with E-state index in [-0.39, 0.29) is 24.5 Å².